The fourth-order valence-electron chi connectivity index (χ4n) is 3.24. The minimum atomic E-state index is -0.531. The van der Waals surface area contributed by atoms with Gasteiger partial charge in [-0.1, -0.05) is 66.4 Å². The summed E-state index contributed by atoms with van der Waals surface area (Å²) < 4.78 is 15.8. The summed E-state index contributed by atoms with van der Waals surface area (Å²) in [5.74, 6) is -0.574. The number of hydrogen-bond donors (Lipinski definition) is 0. The highest BCUT2D eigenvalue weighted by atomic mass is 32.2. The van der Waals surface area contributed by atoms with Crippen LogP contribution in [-0.4, -0.2) is 33.2 Å². The topological polar surface area (TPSA) is 55.2 Å². The molecule has 0 radical (unpaired) electrons. The van der Waals surface area contributed by atoms with E-state index in [-0.39, 0.29) is 28.1 Å². The molecule has 0 saturated carbocycles. The number of hydrogen-bond acceptors (Lipinski definition) is 4. The van der Waals surface area contributed by atoms with Crippen LogP contribution in [0.25, 0.3) is 16.6 Å². The van der Waals surface area contributed by atoms with Crippen LogP contribution in [0.15, 0.2) is 88.8 Å². The highest BCUT2D eigenvalue weighted by molar-refractivity contribution is 7.99. The quantitative estimate of drug-likeness (QED) is 0.337. The molecule has 4 aromatic rings. The van der Waals surface area contributed by atoms with E-state index in [1.54, 1.807) is 48.3 Å². The second-order valence-corrected chi connectivity index (χ2v) is 7.97. The minimum absolute atomic E-state index is 0.0720. The summed E-state index contributed by atoms with van der Waals surface area (Å²) in [5, 5.41) is 0.665. The summed E-state index contributed by atoms with van der Waals surface area (Å²) in [5.41, 5.74) is 1.27. The number of amides is 1. The molecule has 0 aliphatic rings. The van der Waals surface area contributed by atoms with Gasteiger partial charge in [0.25, 0.3) is 5.56 Å². The minimum Gasteiger partial charge on any atom is -0.341 e. The van der Waals surface area contributed by atoms with E-state index in [1.165, 1.54) is 16.7 Å². The van der Waals surface area contributed by atoms with Gasteiger partial charge in [0.05, 0.1) is 22.3 Å². The molecule has 0 saturated heterocycles. The summed E-state index contributed by atoms with van der Waals surface area (Å²) in [6.45, 7) is 0.478. The standard InChI is InChI=1S/C24H20FN3O2S/c1-27(15-17-9-3-2-4-10-17)22(29)16-31-24-26-20-13-7-5-11-18(20)23(30)28(24)21-14-8-6-12-19(21)25/h2-14H,15-16H2,1H3. The van der Waals surface area contributed by atoms with E-state index >= 15 is 0 Å². The molecule has 0 fully saturated rings. The number of halogens is 1. The summed E-state index contributed by atoms with van der Waals surface area (Å²) >= 11 is 1.12. The Morgan fingerprint density at radius 2 is 1.68 bits per heavy atom. The number of benzene rings is 3. The molecular weight excluding hydrogens is 413 g/mol. The summed E-state index contributed by atoms with van der Waals surface area (Å²) in [7, 11) is 1.73. The monoisotopic (exact) mass is 433 g/mol. The maximum Gasteiger partial charge on any atom is 0.266 e. The number of fused-ring (bicyclic) bond motifs is 1. The Labute approximate surface area is 183 Å². The Hall–Kier alpha value is -3.45. The van der Waals surface area contributed by atoms with E-state index < -0.39 is 5.82 Å². The van der Waals surface area contributed by atoms with Gasteiger partial charge in [-0.05, 0) is 29.8 Å². The zero-order valence-electron chi connectivity index (χ0n) is 16.9. The third kappa shape index (κ3) is 4.51. The van der Waals surface area contributed by atoms with Crippen LogP contribution in [0.2, 0.25) is 0 Å². The van der Waals surface area contributed by atoms with Crippen LogP contribution in [0, 0.1) is 5.82 Å². The van der Waals surface area contributed by atoms with E-state index in [4.69, 9.17) is 0 Å². The van der Waals surface area contributed by atoms with Crippen LogP contribution in [0.1, 0.15) is 5.56 Å². The Morgan fingerprint density at radius 1 is 1.00 bits per heavy atom. The average molecular weight is 434 g/mol. The Morgan fingerprint density at radius 3 is 2.45 bits per heavy atom. The van der Waals surface area contributed by atoms with Gasteiger partial charge in [0.15, 0.2) is 5.16 Å². The van der Waals surface area contributed by atoms with Crippen molar-refractivity contribution >= 4 is 28.6 Å². The van der Waals surface area contributed by atoms with Crippen LogP contribution < -0.4 is 5.56 Å². The molecule has 0 unspecified atom stereocenters. The highest BCUT2D eigenvalue weighted by Crippen LogP contribution is 2.23. The van der Waals surface area contributed by atoms with Gasteiger partial charge in [0.2, 0.25) is 5.91 Å². The van der Waals surface area contributed by atoms with E-state index in [0.717, 1.165) is 17.3 Å². The molecule has 156 valence electrons. The van der Waals surface area contributed by atoms with Gasteiger partial charge in [-0.25, -0.2) is 9.37 Å². The normalized spacial score (nSPS) is 10.9. The third-order valence-corrected chi connectivity index (χ3v) is 5.77. The van der Waals surface area contributed by atoms with Crippen LogP contribution in [0.4, 0.5) is 4.39 Å². The highest BCUT2D eigenvalue weighted by Gasteiger charge is 2.18. The number of thioether (sulfide) groups is 1. The lowest BCUT2D eigenvalue weighted by atomic mass is 10.2. The molecule has 0 bridgehead atoms. The van der Waals surface area contributed by atoms with Crippen molar-refractivity contribution in [2.45, 2.75) is 11.7 Å². The zero-order chi connectivity index (χ0) is 21.8. The molecule has 3 aromatic carbocycles. The van der Waals surface area contributed by atoms with Gasteiger partial charge >= 0.3 is 0 Å². The van der Waals surface area contributed by atoms with Gasteiger partial charge in [0.1, 0.15) is 5.82 Å². The first-order valence-corrected chi connectivity index (χ1v) is 10.7. The second kappa shape index (κ2) is 9.14. The number of carbonyl (C=O) groups excluding carboxylic acids is 1. The Bertz CT molecular complexity index is 1290. The number of rotatable bonds is 6. The largest absolute Gasteiger partial charge is 0.341 e. The number of para-hydroxylation sites is 2. The van der Waals surface area contributed by atoms with E-state index in [1.807, 2.05) is 30.3 Å². The fraction of sp³-hybridized carbons (Fsp3) is 0.125. The summed E-state index contributed by atoms with van der Waals surface area (Å²) in [4.78, 5) is 32.0. The van der Waals surface area contributed by atoms with E-state index in [9.17, 15) is 14.0 Å². The van der Waals surface area contributed by atoms with E-state index in [2.05, 4.69) is 4.98 Å². The SMILES string of the molecule is CN(Cc1ccccc1)C(=O)CSc1nc2ccccc2c(=O)n1-c1ccccc1F. The molecular formula is C24H20FN3O2S. The molecule has 7 heteroatoms. The molecule has 31 heavy (non-hydrogen) atoms. The first kappa shape index (κ1) is 20.8. The maximum atomic E-state index is 14.5. The van der Waals surface area contributed by atoms with Gasteiger partial charge in [-0.3, -0.25) is 14.2 Å². The lowest BCUT2D eigenvalue weighted by Gasteiger charge is -2.18. The van der Waals surface area contributed by atoms with Crippen molar-refractivity contribution in [1.82, 2.24) is 14.5 Å². The van der Waals surface area contributed by atoms with Crippen LogP contribution in [0.3, 0.4) is 0 Å². The lowest BCUT2D eigenvalue weighted by Crippen LogP contribution is -2.28. The van der Waals surface area contributed by atoms with Crippen LogP contribution >= 0.6 is 11.8 Å². The number of aromatic nitrogens is 2. The molecule has 0 aliphatic heterocycles. The lowest BCUT2D eigenvalue weighted by molar-refractivity contribution is -0.127. The summed E-state index contributed by atoms with van der Waals surface area (Å²) in [6, 6.07) is 22.7. The third-order valence-electron chi connectivity index (χ3n) is 4.85. The molecule has 1 amide bonds. The van der Waals surface area contributed by atoms with Gasteiger partial charge in [-0.15, -0.1) is 0 Å². The van der Waals surface area contributed by atoms with Crippen molar-refractivity contribution in [1.29, 1.82) is 0 Å². The molecule has 1 heterocycles. The van der Waals surface area contributed by atoms with Gasteiger partial charge in [0, 0.05) is 13.6 Å². The zero-order valence-corrected chi connectivity index (χ0v) is 17.7. The van der Waals surface area contributed by atoms with Crippen LogP contribution in [0.5, 0.6) is 0 Å². The molecule has 0 aliphatic carbocycles. The predicted molar refractivity (Wildman–Crippen MR) is 121 cm³/mol. The number of nitrogens with zero attached hydrogens (tertiary/aromatic N) is 3. The molecule has 0 spiro atoms. The molecule has 0 atom stereocenters. The predicted octanol–water partition coefficient (Wildman–Crippen LogP) is 4.28. The second-order valence-electron chi connectivity index (χ2n) is 7.03. The first-order chi connectivity index (χ1) is 15.0. The number of carbonyl (C=O) groups is 1. The van der Waals surface area contributed by atoms with Crippen molar-refractivity contribution < 1.29 is 9.18 Å². The first-order valence-electron chi connectivity index (χ1n) is 9.72. The molecule has 1 aromatic heterocycles. The van der Waals surface area contributed by atoms with Crippen molar-refractivity contribution in [3.05, 3.63) is 101 Å². The summed E-state index contributed by atoms with van der Waals surface area (Å²) in [6.07, 6.45) is 0. The smallest absolute Gasteiger partial charge is 0.266 e. The van der Waals surface area contributed by atoms with Crippen molar-refractivity contribution in [3.63, 3.8) is 0 Å². The van der Waals surface area contributed by atoms with Gasteiger partial charge < -0.3 is 4.90 Å². The van der Waals surface area contributed by atoms with Crippen molar-refractivity contribution in [3.8, 4) is 5.69 Å². The van der Waals surface area contributed by atoms with E-state index in [0.29, 0.717) is 17.4 Å². The van der Waals surface area contributed by atoms with Crippen molar-refractivity contribution in [2.75, 3.05) is 12.8 Å². The van der Waals surface area contributed by atoms with Crippen molar-refractivity contribution in [2.24, 2.45) is 0 Å². The maximum absolute atomic E-state index is 14.5. The van der Waals surface area contributed by atoms with Crippen LogP contribution in [-0.2, 0) is 11.3 Å². The molecule has 4 rings (SSSR count). The van der Waals surface area contributed by atoms with Gasteiger partial charge in [-0.2, -0.15) is 0 Å². The fourth-order valence-corrected chi connectivity index (χ4v) is 4.18. The average Bonchev–Trinajstić information content (AvgIpc) is 2.79. The molecule has 5 nitrogen and oxygen atoms in total. The molecule has 0 N–H and O–H groups in total. The Balaban J connectivity index is 1.65. The Kier molecular flexibility index (Phi) is 6.13.